The number of hydrogen-bond acceptors (Lipinski definition) is 5. The lowest BCUT2D eigenvalue weighted by Crippen LogP contribution is -2.55. The van der Waals surface area contributed by atoms with E-state index < -0.39 is 11.6 Å². The van der Waals surface area contributed by atoms with E-state index in [1.807, 2.05) is 75.4 Å². The minimum atomic E-state index is -0.837. The molecule has 3 amide bonds. The minimum absolute atomic E-state index is 0.0321. The smallest absolute Gasteiger partial charge is 0.257 e. The van der Waals surface area contributed by atoms with E-state index in [2.05, 4.69) is 13.0 Å². The van der Waals surface area contributed by atoms with Crippen LogP contribution in [0.1, 0.15) is 38.3 Å². The Morgan fingerprint density at radius 3 is 2.41 bits per heavy atom. The molecule has 1 atom stereocenters. The molecule has 2 heterocycles. The number of carbonyl (C=O) groups excluding carboxylic acids is 3. The molecule has 37 heavy (non-hydrogen) atoms. The highest BCUT2D eigenvalue weighted by Crippen LogP contribution is 2.34. The van der Waals surface area contributed by atoms with E-state index in [4.69, 9.17) is 4.98 Å². The molecule has 0 aliphatic carbocycles. The molecule has 0 bridgehead atoms. The van der Waals surface area contributed by atoms with Gasteiger partial charge in [0.05, 0.1) is 28.7 Å². The van der Waals surface area contributed by atoms with Crippen molar-refractivity contribution in [3.05, 3.63) is 83.9 Å². The van der Waals surface area contributed by atoms with E-state index in [1.165, 1.54) is 10.5 Å². The van der Waals surface area contributed by atoms with Crippen molar-refractivity contribution in [1.29, 1.82) is 0 Å². The molecule has 4 aromatic rings. The SMILES string of the molecule is Cc1ccc2nc(-c3ccc(N4C(=O)CC(N(C(=O)Cc5ccccc5)C(C)(C)C)C4=O)cc3)sc2c1. The predicted molar refractivity (Wildman–Crippen MR) is 147 cm³/mol. The lowest BCUT2D eigenvalue weighted by atomic mass is 9.99. The third kappa shape index (κ3) is 4.91. The quantitative estimate of drug-likeness (QED) is 0.319. The van der Waals surface area contributed by atoms with Crippen molar-refractivity contribution >= 4 is 45.0 Å². The van der Waals surface area contributed by atoms with Gasteiger partial charge >= 0.3 is 0 Å². The Morgan fingerprint density at radius 2 is 1.73 bits per heavy atom. The molecule has 5 rings (SSSR count). The standard InChI is InChI=1S/C30H29N3O3S/c1-19-10-15-23-25(16-19)37-28(31-23)21-11-13-22(14-12-21)32-26(34)18-24(29(32)36)33(30(2,3)4)27(35)17-20-8-6-5-7-9-20/h5-16,24H,17-18H2,1-4H3. The van der Waals surface area contributed by atoms with E-state index in [0.29, 0.717) is 5.69 Å². The van der Waals surface area contributed by atoms with Crippen LogP contribution in [0.15, 0.2) is 72.8 Å². The molecule has 188 valence electrons. The fraction of sp³-hybridized carbons (Fsp3) is 0.267. The number of thiazole rings is 1. The first-order valence-corrected chi connectivity index (χ1v) is 13.1. The van der Waals surface area contributed by atoms with Gasteiger partial charge in [-0.3, -0.25) is 14.4 Å². The van der Waals surface area contributed by atoms with Gasteiger partial charge < -0.3 is 4.90 Å². The van der Waals surface area contributed by atoms with Crippen LogP contribution in [0.3, 0.4) is 0 Å². The molecule has 0 spiro atoms. The van der Waals surface area contributed by atoms with Gasteiger partial charge in [0.15, 0.2) is 0 Å². The van der Waals surface area contributed by atoms with Gasteiger partial charge in [-0.25, -0.2) is 9.88 Å². The Hall–Kier alpha value is -3.84. The van der Waals surface area contributed by atoms with Gasteiger partial charge in [-0.15, -0.1) is 11.3 Å². The van der Waals surface area contributed by atoms with Crippen molar-refractivity contribution in [3.63, 3.8) is 0 Å². The number of rotatable bonds is 5. The molecule has 0 radical (unpaired) electrons. The molecule has 7 heteroatoms. The van der Waals surface area contributed by atoms with Crippen LogP contribution in [0.2, 0.25) is 0 Å². The van der Waals surface area contributed by atoms with E-state index in [9.17, 15) is 14.4 Å². The second-order valence-corrected chi connectivity index (χ2v) is 11.5. The van der Waals surface area contributed by atoms with E-state index in [1.54, 1.807) is 28.4 Å². The summed E-state index contributed by atoms with van der Waals surface area (Å²) in [6, 6.07) is 22.1. The monoisotopic (exact) mass is 511 g/mol. The molecular formula is C30H29N3O3S. The van der Waals surface area contributed by atoms with Crippen molar-refractivity contribution in [2.75, 3.05) is 4.90 Å². The largest absolute Gasteiger partial charge is 0.325 e. The van der Waals surface area contributed by atoms with Crippen LogP contribution < -0.4 is 4.90 Å². The summed E-state index contributed by atoms with van der Waals surface area (Å²) in [6.45, 7) is 7.74. The number of nitrogens with zero attached hydrogens (tertiary/aromatic N) is 3. The first-order chi connectivity index (χ1) is 17.6. The number of benzene rings is 3. The molecule has 1 unspecified atom stereocenters. The van der Waals surface area contributed by atoms with Crippen molar-refractivity contribution in [3.8, 4) is 10.6 Å². The summed E-state index contributed by atoms with van der Waals surface area (Å²) in [5.74, 6) is -0.849. The maximum absolute atomic E-state index is 13.6. The van der Waals surface area contributed by atoms with Gasteiger partial charge in [0.2, 0.25) is 11.8 Å². The Morgan fingerprint density at radius 1 is 1.03 bits per heavy atom. The summed E-state index contributed by atoms with van der Waals surface area (Å²) >= 11 is 1.61. The normalized spacial score (nSPS) is 16.0. The third-order valence-electron chi connectivity index (χ3n) is 6.54. The number of aryl methyl sites for hydroxylation is 1. The molecule has 0 saturated carbocycles. The molecule has 1 fully saturated rings. The Kier molecular flexibility index (Phi) is 6.42. The highest BCUT2D eigenvalue weighted by molar-refractivity contribution is 7.21. The topological polar surface area (TPSA) is 70.6 Å². The average molecular weight is 512 g/mol. The highest BCUT2D eigenvalue weighted by Gasteiger charge is 2.47. The average Bonchev–Trinajstić information content (AvgIpc) is 3.39. The molecule has 1 saturated heterocycles. The fourth-order valence-electron chi connectivity index (χ4n) is 4.87. The van der Waals surface area contributed by atoms with E-state index >= 15 is 0 Å². The van der Waals surface area contributed by atoms with Crippen molar-refractivity contribution in [2.24, 2.45) is 0 Å². The van der Waals surface area contributed by atoms with Gasteiger partial charge in [-0.2, -0.15) is 0 Å². The van der Waals surface area contributed by atoms with Crippen LogP contribution in [0, 0.1) is 6.92 Å². The number of aromatic nitrogens is 1. The number of fused-ring (bicyclic) bond motifs is 1. The van der Waals surface area contributed by atoms with Crippen molar-refractivity contribution in [2.45, 2.75) is 52.1 Å². The fourth-order valence-corrected chi connectivity index (χ4v) is 5.94. The second-order valence-electron chi connectivity index (χ2n) is 10.4. The Balaban J connectivity index is 1.39. The maximum Gasteiger partial charge on any atom is 0.257 e. The minimum Gasteiger partial charge on any atom is -0.325 e. The summed E-state index contributed by atoms with van der Waals surface area (Å²) in [7, 11) is 0. The molecule has 1 aliphatic heterocycles. The number of hydrogen-bond donors (Lipinski definition) is 0. The zero-order valence-electron chi connectivity index (χ0n) is 21.4. The molecular weight excluding hydrogens is 482 g/mol. The molecule has 1 aromatic heterocycles. The van der Waals surface area contributed by atoms with E-state index in [-0.39, 0.29) is 30.6 Å². The number of imide groups is 1. The third-order valence-corrected chi connectivity index (χ3v) is 7.61. The van der Waals surface area contributed by atoms with Gasteiger partial charge in [0.25, 0.3) is 5.91 Å². The number of anilines is 1. The number of amides is 3. The van der Waals surface area contributed by atoms with Gasteiger partial charge in [0, 0.05) is 11.1 Å². The first-order valence-electron chi connectivity index (χ1n) is 12.3. The summed E-state index contributed by atoms with van der Waals surface area (Å²) < 4.78 is 1.12. The lowest BCUT2D eigenvalue weighted by molar-refractivity contribution is -0.143. The van der Waals surface area contributed by atoms with Crippen LogP contribution in [0.25, 0.3) is 20.8 Å². The van der Waals surface area contributed by atoms with E-state index in [0.717, 1.165) is 26.4 Å². The Labute approximate surface area is 220 Å². The molecule has 6 nitrogen and oxygen atoms in total. The lowest BCUT2D eigenvalue weighted by Gasteiger charge is -2.39. The van der Waals surface area contributed by atoms with Crippen molar-refractivity contribution in [1.82, 2.24) is 9.88 Å². The molecule has 1 aliphatic rings. The molecule has 0 N–H and O–H groups in total. The first kappa shape index (κ1) is 24.8. The van der Waals surface area contributed by atoms with Crippen molar-refractivity contribution < 1.29 is 14.4 Å². The summed E-state index contributed by atoms with van der Waals surface area (Å²) in [4.78, 5) is 47.5. The number of carbonyl (C=O) groups is 3. The van der Waals surface area contributed by atoms with Gasteiger partial charge in [-0.05, 0) is 75.2 Å². The maximum atomic E-state index is 13.6. The van der Waals surface area contributed by atoms with Crippen LogP contribution >= 0.6 is 11.3 Å². The van der Waals surface area contributed by atoms with Gasteiger partial charge in [-0.1, -0.05) is 36.4 Å². The van der Waals surface area contributed by atoms with Crippen LogP contribution in [-0.4, -0.2) is 39.2 Å². The predicted octanol–water partition coefficient (Wildman–Crippen LogP) is 5.77. The second kappa shape index (κ2) is 9.56. The summed E-state index contributed by atoms with van der Waals surface area (Å²) in [6.07, 6.45) is 0.141. The molecule has 3 aromatic carbocycles. The zero-order valence-corrected chi connectivity index (χ0v) is 22.2. The van der Waals surface area contributed by atoms with Crippen LogP contribution in [0.5, 0.6) is 0 Å². The summed E-state index contributed by atoms with van der Waals surface area (Å²) in [5, 5.41) is 0.884. The van der Waals surface area contributed by atoms with Crippen LogP contribution in [0.4, 0.5) is 5.69 Å². The zero-order chi connectivity index (χ0) is 26.3. The highest BCUT2D eigenvalue weighted by atomic mass is 32.1. The Bertz CT molecular complexity index is 1490. The van der Waals surface area contributed by atoms with Crippen LogP contribution in [-0.2, 0) is 20.8 Å². The summed E-state index contributed by atoms with van der Waals surface area (Å²) in [5.41, 5.74) is 3.80. The van der Waals surface area contributed by atoms with Gasteiger partial charge in [0.1, 0.15) is 11.0 Å².